The lowest BCUT2D eigenvalue weighted by atomic mass is 9.89. The highest BCUT2D eigenvalue weighted by atomic mass is 16.1. The van der Waals surface area contributed by atoms with Crippen molar-refractivity contribution in [3.63, 3.8) is 0 Å². The van der Waals surface area contributed by atoms with Crippen LogP contribution >= 0.6 is 0 Å². The first-order valence-electron chi connectivity index (χ1n) is 5.61. The van der Waals surface area contributed by atoms with Gasteiger partial charge in [-0.05, 0) is 30.7 Å². The van der Waals surface area contributed by atoms with Crippen LogP contribution in [0.25, 0.3) is 6.08 Å². The molecule has 3 heteroatoms. The molecule has 0 aliphatic heterocycles. The summed E-state index contributed by atoms with van der Waals surface area (Å²) in [5, 5.41) is 0. The van der Waals surface area contributed by atoms with E-state index in [0.29, 0.717) is 5.69 Å². The second-order valence-electron chi connectivity index (χ2n) is 5.29. The first kappa shape index (κ1) is 13.4. The van der Waals surface area contributed by atoms with Crippen molar-refractivity contribution in [1.29, 1.82) is 0 Å². The molecule has 0 spiro atoms. The Morgan fingerprint density at radius 1 is 1.29 bits per heavy atom. The summed E-state index contributed by atoms with van der Waals surface area (Å²) in [6.45, 7) is 7.19. The molecule has 1 aromatic rings. The van der Waals surface area contributed by atoms with Crippen LogP contribution in [-0.2, 0) is 11.8 Å². The molecular formula is C14H19NO2. The Bertz CT molecular complexity index is 473. The fourth-order valence-corrected chi connectivity index (χ4v) is 1.50. The summed E-state index contributed by atoms with van der Waals surface area (Å²) >= 11 is 0. The van der Waals surface area contributed by atoms with Gasteiger partial charge in [-0.2, -0.15) is 0 Å². The van der Waals surface area contributed by atoms with Gasteiger partial charge in [-0.15, -0.1) is 0 Å². The first-order chi connectivity index (χ1) is 7.71. The van der Waals surface area contributed by atoms with Gasteiger partial charge in [-0.3, -0.25) is 9.59 Å². The van der Waals surface area contributed by atoms with Crippen molar-refractivity contribution in [3.05, 3.63) is 29.6 Å². The average Bonchev–Trinajstić information content (AvgIpc) is 2.54. The molecule has 0 saturated carbocycles. The molecule has 92 valence electrons. The molecule has 0 atom stereocenters. The number of hydrogen-bond donors (Lipinski definition) is 0. The molecule has 0 saturated heterocycles. The Kier molecular flexibility index (Phi) is 3.71. The molecule has 0 amide bonds. The lowest BCUT2D eigenvalue weighted by Crippen LogP contribution is -2.22. The molecule has 0 unspecified atom stereocenters. The summed E-state index contributed by atoms with van der Waals surface area (Å²) in [7, 11) is 1.84. The van der Waals surface area contributed by atoms with Crippen LogP contribution in [0, 0.1) is 5.41 Å². The van der Waals surface area contributed by atoms with Gasteiger partial charge in [0.05, 0.1) is 5.69 Å². The van der Waals surface area contributed by atoms with Crippen LogP contribution in [0.2, 0.25) is 0 Å². The van der Waals surface area contributed by atoms with Gasteiger partial charge in [0.2, 0.25) is 0 Å². The predicted molar refractivity (Wildman–Crippen MR) is 68.9 cm³/mol. The van der Waals surface area contributed by atoms with Gasteiger partial charge in [0.25, 0.3) is 0 Å². The number of nitrogens with zero attached hydrogens (tertiary/aromatic N) is 1. The number of Topliss-reactive ketones (excluding diaryl/α,β-unsaturated/α-hetero) is 1. The second-order valence-corrected chi connectivity index (χ2v) is 5.29. The summed E-state index contributed by atoms with van der Waals surface area (Å²) < 4.78 is 1.80. The van der Waals surface area contributed by atoms with Gasteiger partial charge in [-0.25, -0.2) is 0 Å². The molecule has 17 heavy (non-hydrogen) atoms. The van der Waals surface area contributed by atoms with Crippen molar-refractivity contribution in [2.75, 3.05) is 0 Å². The van der Waals surface area contributed by atoms with Crippen LogP contribution in [0.1, 0.15) is 43.7 Å². The maximum atomic E-state index is 12.1. The SMILES string of the molecule is CC(=O)/C=C/c1cc(C(=O)C(C)(C)C)n(C)c1. The zero-order valence-electron chi connectivity index (χ0n) is 11.1. The van der Waals surface area contributed by atoms with Crippen molar-refractivity contribution in [3.8, 4) is 0 Å². The van der Waals surface area contributed by atoms with Gasteiger partial charge in [0.1, 0.15) is 0 Å². The van der Waals surface area contributed by atoms with Crippen LogP contribution < -0.4 is 0 Å². The molecule has 0 fully saturated rings. The van der Waals surface area contributed by atoms with E-state index in [4.69, 9.17) is 0 Å². The number of aromatic nitrogens is 1. The fraction of sp³-hybridized carbons (Fsp3) is 0.429. The van der Waals surface area contributed by atoms with Crippen molar-refractivity contribution in [1.82, 2.24) is 4.57 Å². The summed E-state index contributed by atoms with van der Waals surface area (Å²) in [5.74, 6) is 0.0972. The Balaban J connectivity index is 3.05. The third kappa shape index (κ3) is 3.41. The molecule has 0 aliphatic rings. The van der Waals surface area contributed by atoms with Crippen LogP contribution in [0.5, 0.6) is 0 Å². The van der Waals surface area contributed by atoms with Crippen LogP contribution in [0.15, 0.2) is 18.3 Å². The molecule has 0 bridgehead atoms. The highest BCUT2D eigenvalue weighted by Gasteiger charge is 2.25. The van der Waals surface area contributed by atoms with E-state index in [1.54, 1.807) is 10.6 Å². The van der Waals surface area contributed by atoms with Crippen LogP contribution in [-0.4, -0.2) is 16.1 Å². The molecule has 3 nitrogen and oxygen atoms in total. The van der Waals surface area contributed by atoms with Gasteiger partial charge in [-0.1, -0.05) is 20.8 Å². The smallest absolute Gasteiger partial charge is 0.184 e. The highest BCUT2D eigenvalue weighted by Crippen LogP contribution is 2.22. The number of rotatable bonds is 3. The zero-order valence-corrected chi connectivity index (χ0v) is 11.1. The second kappa shape index (κ2) is 4.70. The fourth-order valence-electron chi connectivity index (χ4n) is 1.50. The molecule has 0 aromatic carbocycles. The molecule has 0 N–H and O–H groups in total. The first-order valence-corrected chi connectivity index (χ1v) is 5.61. The highest BCUT2D eigenvalue weighted by molar-refractivity contribution is 5.99. The standard InChI is InChI=1S/C14H19NO2/c1-10(16)6-7-11-8-12(15(5)9-11)13(17)14(2,3)4/h6-9H,1-5H3/b7-6+. The van der Waals surface area contributed by atoms with Crippen molar-refractivity contribution in [2.45, 2.75) is 27.7 Å². The van der Waals surface area contributed by atoms with E-state index in [9.17, 15) is 9.59 Å². The quantitative estimate of drug-likeness (QED) is 0.595. The summed E-state index contributed by atoms with van der Waals surface area (Å²) in [6.07, 6.45) is 5.07. The minimum atomic E-state index is -0.395. The minimum absolute atomic E-state index is 0.00227. The Hall–Kier alpha value is -1.64. The lowest BCUT2D eigenvalue weighted by Gasteiger charge is -2.16. The molecule has 0 radical (unpaired) electrons. The maximum Gasteiger partial charge on any atom is 0.184 e. The number of ketones is 2. The van der Waals surface area contributed by atoms with E-state index < -0.39 is 5.41 Å². The van der Waals surface area contributed by atoms with E-state index in [-0.39, 0.29) is 11.6 Å². The molecule has 1 rings (SSSR count). The van der Waals surface area contributed by atoms with E-state index in [1.807, 2.05) is 40.1 Å². The Morgan fingerprint density at radius 3 is 2.35 bits per heavy atom. The van der Waals surface area contributed by atoms with E-state index >= 15 is 0 Å². The number of carbonyl (C=O) groups excluding carboxylic acids is 2. The van der Waals surface area contributed by atoms with Gasteiger partial charge in [0.15, 0.2) is 11.6 Å². The predicted octanol–water partition coefficient (Wildman–Crippen LogP) is 2.86. The number of aryl methyl sites for hydroxylation is 1. The maximum absolute atomic E-state index is 12.1. The van der Waals surface area contributed by atoms with Gasteiger partial charge in [0, 0.05) is 18.7 Å². The minimum Gasteiger partial charge on any atom is -0.348 e. The number of hydrogen-bond acceptors (Lipinski definition) is 2. The third-order valence-corrected chi connectivity index (χ3v) is 2.45. The molecule has 0 aliphatic carbocycles. The number of carbonyl (C=O) groups is 2. The monoisotopic (exact) mass is 233 g/mol. The van der Waals surface area contributed by atoms with E-state index in [0.717, 1.165) is 5.56 Å². The van der Waals surface area contributed by atoms with Gasteiger partial charge >= 0.3 is 0 Å². The largest absolute Gasteiger partial charge is 0.348 e. The summed E-state index contributed by atoms with van der Waals surface area (Å²) in [4.78, 5) is 23.0. The van der Waals surface area contributed by atoms with Crippen molar-refractivity contribution in [2.24, 2.45) is 12.5 Å². The van der Waals surface area contributed by atoms with E-state index in [2.05, 4.69) is 0 Å². The molecule has 1 aromatic heterocycles. The Morgan fingerprint density at radius 2 is 1.88 bits per heavy atom. The topological polar surface area (TPSA) is 39.1 Å². The van der Waals surface area contributed by atoms with Crippen molar-refractivity contribution >= 4 is 17.6 Å². The summed E-state index contributed by atoms with van der Waals surface area (Å²) in [5.41, 5.74) is 1.14. The molecular weight excluding hydrogens is 214 g/mol. The van der Waals surface area contributed by atoms with Crippen LogP contribution in [0.4, 0.5) is 0 Å². The van der Waals surface area contributed by atoms with Gasteiger partial charge < -0.3 is 4.57 Å². The average molecular weight is 233 g/mol. The normalized spacial score (nSPS) is 12.1. The number of allylic oxidation sites excluding steroid dienone is 1. The summed E-state index contributed by atoms with van der Waals surface area (Å²) in [6, 6.07) is 1.81. The molecule has 1 heterocycles. The van der Waals surface area contributed by atoms with E-state index in [1.165, 1.54) is 13.0 Å². The van der Waals surface area contributed by atoms with Crippen molar-refractivity contribution < 1.29 is 9.59 Å². The zero-order chi connectivity index (χ0) is 13.2. The Labute approximate surface area is 102 Å². The third-order valence-electron chi connectivity index (χ3n) is 2.45. The van der Waals surface area contributed by atoms with Crippen LogP contribution in [0.3, 0.4) is 0 Å². The lowest BCUT2D eigenvalue weighted by molar-refractivity contribution is -0.112.